The van der Waals surface area contributed by atoms with Gasteiger partial charge >= 0.3 is 12.1 Å². The molecular weight excluding hydrogens is 417 g/mol. The van der Waals surface area contributed by atoms with Crippen molar-refractivity contribution < 1.29 is 28.2 Å². The van der Waals surface area contributed by atoms with Gasteiger partial charge in [0.05, 0.1) is 14.2 Å². The summed E-state index contributed by atoms with van der Waals surface area (Å²) in [6.07, 6.45) is 1.99. The molecule has 172 valence electrons. The second-order valence-corrected chi connectivity index (χ2v) is 7.54. The number of urea groups is 1. The van der Waals surface area contributed by atoms with Gasteiger partial charge in [0.2, 0.25) is 0 Å². The first-order valence-corrected chi connectivity index (χ1v) is 10.4. The number of nitrogens with one attached hydrogen (secondary N) is 3. The second kappa shape index (κ2) is 11.2. The van der Waals surface area contributed by atoms with Gasteiger partial charge in [-0.2, -0.15) is 0 Å². The van der Waals surface area contributed by atoms with Crippen LogP contribution >= 0.6 is 0 Å². The van der Waals surface area contributed by atoms with Gasteiger partial charge in [-0.3, -0.25) is 5.32 Å². The summed E-state index contributed by atoms with van der Waals surface area (Å²) in [6, 6.07) is 10.5. The summed E-state index contributed by atoms with van der Waals surface area (Å²) >= 11 is 0. The molecule has 2 aromatic carbocycles. The lowest BCUT2D eigenvalue weighted by atomic mass is 9.93. The van der Waals surface area contributed by atoms with Crippen LogP contribution in [0.2, 0.25) is 0 Å². The lowest BCUT2D eigenvalue weighted by molar-refractivity contribution is 0.0775. The van der Waals surface area contributed by atoms with E-state index in [1.165, 1.54) is 24.3 Å². The molecule has 3 amide bonds. The minimum Gasteiger partial charge on any atom is -0.493 e. The zero-order valence-corrected chi connectivity index (χ0v) is 18.2. The Labute approximate surface area is 186 Å². The van der Waals surface area contributed by atoms with E-state index in [1.54, 1.807) is 20.3 Å². The molecule has 2 aromatic rings. The topological polar surface area (TPSA) is 97.9 Å². The Morgan fingerprint density at radius 2 is 1.78 bits per heavy atom. The zero-order valence-electron chi connectivity index (χ0n) is 18.2. The molecule has 0 heterocycles. The highest BCUT2D eigenvalue weighted by molar-refractivity contribution is 5.84. The van der Waals surface area contributed by atoms with Crippen LogP contribution in [0.15, 0.2) is 42.5 Å². The van der Waals surface area contributed by atoms with E-state index in [9.17, 15) is 14.0 Å². The second-order valence-electron chi connectivity index (χ2n) is 7.54. The number of anilines is 1. The molecule has 1 aliphatic carbocycles. The Bertz CT molecular complexity index is 922. The fourth-order valence-electron chi connectivity index (χ4n) is 3.62. The summed E-state index contributed by atoms with van der Waals surface area (Å²) in [7, 11) is 3.13. The Morgan fingerprint density at radius 3 is 2.50 bits per heavy atom. The molecule has 8 nitrogen and oxygen atoms in total. The average Bonchev–Trinajstić information content (AvgIpc) is 2.79. The number of amides is 3. The van der Waals surface area contributed by atoms with Crippen LogP contribution in [0.25, 0.3) is 0 Å². The van der Waals surface area contributed by atoms with E-state index in [-0.39, 0.29) is 24.0 Å². The number of hydrogen-bond acceptors (Lipinski definition) is 5. The number of ether oxygens (including phenoxy) is 3. The van der Waals surface area contributed by atoms with Crippen LogP contribution in [-0.2, 0) is 11.3 Å². The average molecular weight is 445 g/mol. The van der Waals surface area contributed by atoms with Gasteiger partial charge in [-0.25, -0.2) is 14.0 Å². The van der Waals surface area contributed by atoms with Gasteiger partial charge in [-0.1, -0.05) is 6.07 Å². The maximum absolute atomic E-state index is 13.0. The van der Waals surface area contributed by atoms with Gasteiger partial charge in [-0.15, -0.1) is 0 Å². The molecule has 0 spiro atoms. The molecule has 2 unspecified atom stereocenters. The van der Waals surface area contributed by atoms with Crippen LogP contribution in [0.3, 0.4) is 0 Å². The maximum atomic E-state index is 13.0. The Hall–Kier alpha value is -3.49. The Kier molecular flexibility index (Phi) is 8.13. The van der Waals surface area contributed by atoms with Crippen molar-refractivity contribution in [1.29, 1.82) is 0 Å². The molecule has 9 heteroatoms. The normalized spacial score (nSPS) is 17.7. The first-order chi connectivity index (χ1) is 15.5. The lowest BCUT2D eigenvalue weighted by Crippen LogP contribution is -2.45. The van der Waals surface area contributed by atoms with E-state index in [0.29, 0.717) is 30.2 Å². The van der Waals surface area contributed by atoms with E-state index in [4.69, 9.17) is 14.2 Å². The third-order valence-corrected chi connectivity index (χ3v) is 5.23. The van der Waals surface area contributed by atoms with Crippen LogP contribution in [0.1, 0.15) is 31.2 Å². The Morgan fingerprint density at radius 1 is 1.03 bits per heavy atom. The van der Waals surface area contributed by atoms with E-state index >= 15 is 0 Å². The predicted octanol–water partition coefficient (Wildman–Crippen LogP) is 4.20. The first kappa shape index (κ1) is 23.2. The third kappa shape index (κ3) is 6.76. The molecule has 2 atom stereocenters. The summed E-state index contributed by atoms with van der Waals surface area (Å²) in [5, 5.41) is 8.35. The largest absolute Gasteiger partial charge is 0.493 e. The number of rotatable bonds is 7. The first-order valence-electron chi connectivity index (χ1n) is 10.4. The minimum absolute atomic E-state index is 0.0993. The highest BCUT2D eigenvalue weighted by atomic mass is 19.1. The molecule has 0 bridgehead atoms. The highest BCUT2D eigenvalue weighted by Crippen LogP contribution is 2.27. The molecule has 0 aliphatic heterocycles. The van der Waals surface area contributed by atoms with Gasteiger partial charge in [0, 0.05) is 24.7 Å². The molecule has 0 saturated heterocycles. The van der Waals surface area contributed by atoms with E-state index < -0.39 is 6.09 Å². The van der Waals surface area contributed by atoms with Gasteiger partial charge in [0.1, 0.15) is 11.9 Å². The fraction of sp³-hybridized carbons (Fsp3) is 0.391. The molecule has 3 N–H and O–H groups in total. The summed E-state index contributed by atoms with van der Waals surface area (Å²) in [6.45, 7) is 0.332. The quantitative estimate of drug-likeness (QED) is 0.593. The van der Waals surface area contributed by atoms with Crippen molar-refractivity contribution in [2.45, 2.75) is 44.4 Å². The van der Waals surface area contributed by atoms with Crippen LogP contribution in [0.5, 0.6) is 11.5 Å². The number of methoxy groups -OCH3 is 2. The van der Waals surface area contributed by atoms with Crippen LogP contribution < -0.4 is 25.4 Å². The molecule has 1 saturated carbocycles. The van der Waals surface area contributed by atoms with E-state index in [1.807, 2.05) is 12.1 Å². The zero-order chi connectivity index (χ0) is 22.9. The maximum Gasteiger partial charge on any atom is 0.411 e. The summed E-state index contributed by atoms with van der Waals surface area (Å²) in [5.74, 6) is 0.838. The van der Waals surface area contributed by atoms with Crippen LogP contribution in [-0.4, -0.2) is 38.5 Å². The standard InChI is InChI=1S/C23H28FN3O5/c1-30-20-11-6-15(12-21(20)31-2)14-25-22(28)26-18-4-3-5-19(13-18)32-23(29)27-17-9-7-16(24)8-10-17/h6-12,18-19H,3-5,13-14H2,1-2H3,(H,27,29)(H2,25,26,28). The molecule has 3 rings (SSSR count). The number of carbonyl (C=O) groups is 2. The van der Waals surface area contributed by atoms with Gasteiger partial charge in [0.15, 0.2) is 11.5 Å². The summed E-state index contributed by atoms with van der Waals surface area (Å²) in [5.41, 5.74) is 1.33. The van der Waals surface area contributed by atoms with Gasteiger partial charge in [0.25, 0.3) is 0 Å². The molecular formula is C23H28FN3O5. The summed E-state index contributed by atoms with van der Waals surface area (Å²) in [4.78, 5) is 24.4. The summed E-state index contributed by atoms with van der Waals surface area (Å²) < 4.78 is 28.9. The van der Waals surface area contributed by atoms with Gasteiger partial charge < -0.3 is 24.8 Å². The highest BCUT2D eigenvalue weighted by Gasteiger charge is 2.26. The molecule has 0 aromatic heterocycles. The van der Waals surface area contributed by atoms with Crippen molar-refractivity contribution in [3.63, 3.8) is 0 Å². The number of hydrogen-bond donors (Lipinski definition) is 3. The number of halogens is 1. The van der Waals surface area contributed by atoms with Crippen molar-refractivity contribution in [3.05, 3.63) is 53.8 Å². The van der Waals surface area contributed by atoms with Crippen LogP contribution in [0.4, 0.5) is 19.7 Å². The third-order valence-electron chi connectivity index (χ3n) is 5.23. The molecule has 32 heavy (non-hydrogen) atoms. The SMILES string of the molecule is COc1ccc(CNC(=O)NC2CCCC(OC(=O)Nc3ccc(F)cc3)C2)cc1OC. The number of carbonyl (C=O) groups excluding carboxylic acids is 2. The number of benzene rings is 2. The van der Waals surface area contributed by atoms with Crippen molar-refractivity contribution in [2.75, 3.05) is 19.5 Å². The van der Waals surface area contributed by atoms with Crippen molar-refractivity contribution >= 4 is 17.8 Å². The monoisotopic (exact) mass is 445 g/mol. The Balaban J connectivity index is 1.43. The molecule has 0 radical (unpaired) electrons. The van der Waals surface area contributed by atoms with Crippen molar-refractivity contribution in [3.8, 4) is 11.5 Å². The smallest absolute Gasteiger partial charge is 0.411 e. The minimum atomic E-state index is -0.597. The van der Waals surface area contributed by atoms with Crippen molar-refractivity contribution in [1.82, 2.24) is 10.6 Å². The van der Waals surface area contributed by atoms with Crippen molar-refractivity contribution in [2.24, 2.45) is 0 Å². The van der Waals surface area contributed by atoms with Crippen LogP contribution in [0, 0.1) is 5.82 Å². The van der Waals surface area contributed by atoms with Gasteiger partial charge in [-0.05, 0) is 61.2 Å². The lowest BCUT2D eigenvalue weighted by Gasteiger charge is -2.29. The predicted molar refractivity (Wildman–Crippen MR) is 117 cm³/mol. The molecule has 1 aliphatic rings. The van der Waals surface area contributed by atoms with E-state index in [2.05, 4.69) is 16.0 Å². The van der Waals surface area contributed by atoms with E-state index in [0.717, 1.165) is 24.8 Å². The fourth-order valence-corrected chi connectivity index (χ4v) is 3.62. The molecule has 1 fully saturated rings.